The van der Waals surface area contributed by atoms with Crippen LogP contribution in [-0.2, 0) is 4.79 Å². The van der Waals surface area contributed by atoms with Crippen molar-refractivity contribution in [2.75, 3.05) is 0 Å². The second-order valence-corrected chi connectivity index (χ2v) is 4.83. The van der Waals surface area contributed by atoms with Gasteiger partial charge in [0.1, 0.15) is 11.2 Å². The first kappa shape index (κ1) is 15.2. The molecule has 1 N–H and O–H groups in total. The highest BCUT2D eigenvalue weighted by Gasteiger charge is 2.36. The minimum absolute atomic E-state index is 0.218. The molecule has 0 aromatic carbocycles. The summed E-state index contributed by atoms with van der Waals surface area (Å²) in [6.45, 7) is 9.23. The first-order valence-electron chi connectivity index (χ1n) is 6.56. The van der Waals surface area contributed by atoms with Crippen LogP contribution < -0.4 is 5.32 Å². The molecule has 0 aliphatic rings. The third-order valence-electron chi connectivity index (χ3n) is 3.72. The van der Waals surface area contributed by atoms with E-state index in [0.717, 1.165) is 11.3 Å². The van der Waals surface area contributed by atoms with E-state index < -0.39 is 5.41 Å². The zero-order valence-corrected chi connectivity index (χ0v) is 12.2. The summed E-state index contributed by atoms with van der Waals surface area (Å²) < 4.78 is 5.10. The third-order valence-corrected chi connectivity index (χ3v) is 3.72. The van der Waals surface area contributed by atoms with Crippen molar-refractivity contribution >= 4 is 5.91 Å². The predicted molar refractivity (Wildman–Crippen MR) is 71.2 cm³/mol. The molecular weight excluding hydrogens is 242 g/mol. The maximum absolute atomic E-state index is 12.3. The number of aryl methyl sites for hydroxylation is 2. The van der Waals surface area contributed by atoms with Gasteiger partial charge in [0.2, 0.25) is 5.91 Å². The molecule has 0 saturated heterocycles. The highest BCUT2D eigenvalue weighted by molar-refractivity contribution is 5.85. The van der Waals surface area contributed by atoms with Crippen LogP contribution in [0.4, 0.5) is 0 Å². The largest absolute Gasteiger partial charge is 0.361 e. The average Bonchev–Trinajstić information content (AvgIpc) is 2.72. The molecule has 19 heavy (non-hydrogen) atoms. The van der Waals surface area contributed by atoms with Gasteiger partial charge in [-0.2, -0.15) is 5.26 Å². The molecular formula is C14H21N3O2. The fourth-order valence-electron chi connectivity index (χ4n) is 2.30. The number of carbonyl (C=O) groups excluding carboxylic acids is 1. The number of carbonyl (C=O) groups is 1. The molecule has 1 heterocycles. The quantitative estimate of drug-likeness (QED) is 0.885. The van der Waals surface area contributed by atoms with Crippen LogP contribution in [0.25, 0.3) is 0 Å². The van der Waals surface area contributed by atoms with Gasteiger partial charge in [-0.05, 0) is 33.6 Å². The molecule has 1 aromatic heterocycles. The number of nitrogens with one attached hydrogen (secondary N) is 1. The minimum Gasteiger partial charge on any atom is -0.361 e. The van der Waals surface area contributed by atoms with Crippen molar-refractivity contribution < 1.29 is 9.32 Å². The predicted octanol–water partition coefficient (Wildman–Crippen LogP) is 2.80. The van der Waals surface area contributed by atoms with Gasteiger partial charge in [-0.1, -0.05) is 19.0 Å². The number of aromatic nitrogens is 1. The Morgan fingerprint density at radius 3 is 2.42 bits per heavy atom. The lowest BCUT2D eigenvalue weighted by Crippen LogP contribution is -2.40. The average molecular weight is 263 g/mol. The van der Waals surface area contributed by atoms with Crippen molar-refractivity contribution in [3.8, 4) is 6.07 Å². The Bertz CT molecular complexity index is 476. The van der Waals surface area contributed by atoms with Gasteiger partial charge in [0, 0.05) is 5.56 Å². The third kappa shape index (κ3) is 2.78. The second kappa shape index (κ2) is 5.87. The van der Waals surface area contributed by atoms with Crippen molar-refractivity contribution in [1.29, 1.82) is 5.26 Å². The second-order valence-electron chi connectivity index (χ2n) is 4.83. The molecule has 0 saturated carbocycles. The summed E-state index contributed by atoms with van der Waals surface area (Å²) in [7, 11) is 0. The van der Waals surface area contributed by atoms with Gasteiger partial charge in [0.25, 0.3) is 0 Å². The fraction of sp³-hybridized carbons (Fsp3) is 0.643. The zero-order chi connectivity index (χ0) is 14.6. The fourth-order valence-corrected chi connectivity index (χ4v) is 2.30. The molecule has 1 amide bonds. The van der Waals surface area contributed by atoms with Gasteiger partial charge in [-0.15, -0.1) is 0 Å². The monoisotopic (exact) mass is 263 g/mol. The van der Waals surface area contributed by atoms with Gasteiger partial charge >= 0.3 is 0 Å². The maximum Gasteiger partial charge on any atom is 0.240 e. The molecule has 0 bridgehead atoms. The van der Waals surface area contributed by atoms with Crippen LogP contribution in [0.15, 0.2) is 4.52 Å². The molecule has 1 aromatic rings. The summed E-state index contributed by atoms with van der Waals surface area (Å²) >= 11 is 0. The van der Waals surface area contributed by atoms with E-state index in [0.29, 0.717) is 18.6 Å². The smallest absolute Gasteiger partial charge is 0.240 e. The number of amides is 1. The van der Waals surface area contributed by atoms with Crippen molar-refractivity contribution in [2.45, 2.75) is 53.5 Å². The van der Waals surface area contributed by atoms with Crippen LogP contribution in [0.1, 0.15) is 56.7 Å². The van der Waals surface area contributed by atoms with E-state index in [4.69, 9.17) is 4.52 Å². The lowest BCUT2D eigenvalue weighted by Gasteiger charge is -2.24. The number of rotatable bonds is 5. The molecule has 104 valence electrons. The molecule has 0 aliphatic carbocycles. The molecule has 0 radical (unpaired) electrons. The Balaban J connectivity index is 2.92. The molecule has 0 aliphatic heterocycles. The maximum atomic E-state index is 12.3. The summed E-state index contributed by atoms with van der Waals surface area (Å²) in [6, 6.07) is 1.93. The first-order valence-corrected chi connectivity index (χ1v) is 6.56. The summed E-state index contributed by atoms with van der Waals surface area (Å²) in [5.41, 5.74) is 0.695. The Labute approximate surface area is 114 Å². The summed E-state index contributed by atoms with van der Waals surface area (Å²) in [5, 5.41) is 16.0. The van der Waals surface area contributed by atoms with Crippen molar-refractivity contribution in [1.82, 2.24) is 10.5 Å². The number of nitriles is 1. The van der Waals surface area contributed by atoms with Crippen LogP contribution in [0.3, 0.4) is 0 Å². The van der Waals surface area contributed by atoms with Crippen LogP contribution >= 0.6 is 0 Å². The highest BCUT2D eigenvalue weighted by atomic mass is 16.5. The van der Waals surface area contributed by atoms with Crippen LogP contribution in [0.2, 0.25) is 0 Å². The Morgan fingerprint density at radius 1 is 1.47 bits per heavy atom. The first-order chi connectivity index (χ1) is 8.91. The SMILES string of the molecule is CCC(C#N)(CC)C(=O)NC(C)c1c(C)noc1C. The topological polar surface area (TPSA) is 78.9 Å². The van der Waals surface area contributed by atoms with E-state index in [1.54, 1.807) is 0 Å². The Kier molecular flexibility index (Phi) is 4.71. The normalized spacial score (nSPS) is 12.8. The van der Waals surface area contributed by atoms with E-state index in [2.05, 4.69) is 16.5 Å². The molecule has 1 unspecified atom stereocenters. The number of hydrogen-bond donors (Lipinski definition) is 1. The molecule has 1 rings (SSSR count). The molecule has 5 heteroatoms. The van der Waals surface area contributed by atoms with Gasteiger partial charge in [0.15, 0.2) is 0 Å². The lowest BCUT2D eigenvalue weighted by molar-refractivity contribution is -0.129. The number of nitrogens with zero attached hydrogens (tertiary/aromatic N) is 2. The lowest BCUT2D eigenvalue weighted by atomic mass is 9.82. The summed E-state index contributed by atoms with van der Waals surface area (Å²) in [4.78, 5) is 12.3. The molecule has 5 nitrogen and oxygen atoms in total. The van der Waals surface area contributed by atoms with Crippen molar-refractivity contribution in [3.63, 3.8) is 0 Å². The van der Waals surface area contributed by atoms with Crippen LogP contribution in [0, 0.1) is 30.6 Å². The molecule has 0 spiro atoms. The van der Waals surface area contributed by atoms with Crippen LogP contribution in [-0.4, -0.2) is 11.1 Å². The molecule has 1 atom stereocenters. The number of hydrogen-bond acceptors (Lipinski definition) is 4. The van der Waals surface area contributed by atoms with Crippen LogP contribution in [0.5, 0.6) is 0 Å². The van der Waals surface area contributed by atoms with Gasteiger partial charge in [0.05, 0.1) is 17.8 Å². The summed E-state index contributed by atoms with van der Waals surface area (Å²) in [5.74, 6) is 0.466. The standard InChI is InChI=1S/C14H21N3O2/c1-6-14(7-2,8-15)13(18)16-9(3)12-10(4)17-19-11(12)5/h9H,6-7H2,1-5H3,(H,16,18). The van der Waals surface area contributed by atoms with Crippen molar-refractivity contribution in [2.24, 2.45) is 5.41 Å². The van der Waals surface area contributed by atoms with Gasteiger partial charge in [-0.3, -0.25) is 4.79 Å². The Morgan fingerprint density at radius 2 is 2.05 bits per heavy atom. The van der Waals surface area contributed by atoms with E-state index in [1.165, 1.54) is 0 Å². The van der Waals surface area contributed by atoms with E-state index in [1.807, 2.05) is 34.6 Å². The van der Waals surface area contributed by atoms with E-state index in [9.17, 15) is 10.1 Å². The minimum atomic E-state index is -0.951. The van der Waals surface area contributed by atoms with Gasteiger partial charge in [-0.25, -0.2) is 0 Å². The van der Waals surface area contributed by atoms with E-state index in [-0.39, 0.29) is 11.9 Å². The summed E-state index contributed by atoms with van der Waals surface area (Å²) in [6.07, 6.45) is 1.00. The molecule has 0 fully saturated rings. The van der Waals surface area contributed by atoms with E-state index >= 15 is 0 Å². The Hall–Kier alpha value is -1.83. The highest BCUT2D eigenvalue weighted by Crippen LogP contribution is 2.28. The zero-order valence-electron chi connectivity index (χ0n) is 12.2. The van der Waals surface area contributed by atoms with Crippen molar-refractivity contribution in [3.05, 3.63) is 17.0 Å². The van der Waals surface area contributed by atoms with Gasteiger partial charge < -0.3 is 9.84 Å².